The third-order valence-corrected chi connectivity index (χ3v) is 7.10. The zero-order valence-corrected chi connectivity index (χ0v) is 17.4. The molecule has 148 valence electrons. The predicted molar refractivity (Wildman–Crippen MR) is 111 cm³/mol. The zero-order chi connectivity index (χ0) is 19.5. The van der Waals surface area contributed by atoms with Gasteiger partial charge < -0.3 is 15.4 Å². The van der Waals surface area contributed by atoms with Crippen molar-refractivity contribution in [3.63, 3.8) is 0 Å². The molecule has 7 nitrogen and oxygen atoms in total. The second-order valence-corrected chi connectivity index (χ2v) is 9.27. The summed E-state index contributed by atoms with van der Waals surface area (Å²) in [6.07, 6.45) is 5.33. The molecule has 2 aliphatic rings. The highest BCUT2D eigenvalue weighted by Crippen LogP contribution is 2.45. The molecule has 1 atom stereocenters. The summed E-state index contributed by atoms with van der Waals surface area (Å²) in [7, 11) is 1.66. The fourth-order valence-corrected chi connectivity index (χ4v) is 4.99. The average Bonchev–Trinajstić information content (AvgIpc) is 3.10. The Bertz CT molecular complexity index is 1020. The molecule has 3 aromatic heterocycles. The molecule has 1 aliphatic carbocycles. The number of aromatic nitrogens is 4. The molecule has 28 heavy (non-hydrogen) atoms. The molecule has 1 saturated carbocycles. The van der Waals surface area contributed by atoms with Crippen molar-refractivity contribution in [1.29, 1.82) is 0 Å². The van der Waals surface area contributed by atoms with E-state index in [0.29, 0.717) is 17.7 Å². The monoisotopic (exact) mass is 398 g/mol. The second kappa shape index (κ2) is 6.42. The molecule has 0 bridgehead atoms. The molecule has 0 aromatic carbocycles. The van der Waals surface area contributed by atoms with Crippen LogP contribution in [-0.4, -0.2) is 45.3 Å². The van der Waals surface area contributed by atoms with Crippen LogP contribution >= 0.6 is 11.3 Å². The van der Waals surface area contributed by atoms with Gasteiger partial charge in [-0.3, -0.25) is 0 Å². The van der Waals surface area contributed by atoms with Gasteiger partial charge in [0.1, 0.15) is 0 Å². The van der Waals surface area contributed by atoms with E-state index >= 15 is 0 Å². The van der Waals surface area contributed by atoms with Crippen LogP contribution in [0.5, 0.6) is 5.88 Å². The van der Waals surface area contributed by atoms with Crippen LogP contribution in [0.4, 0.5) is 5.13 Å². The first-order valence-corrected chi connectivity index (χ1v) is 10.7. The van der Waals surface area contributed by atoms with Gasteiger partial charge in [0, 0.05) is 24.3 Å². The fourth-order valence-electron chi connectivity index (χ4n) is 4.08. The van der Waals surface area contributed by atoms with Gasteiger partial charge in [-0.25, -0.2) is 14.5 Å². The van der Waals surface area contributed by atoms with E-state index in [1.54, 1.807) is 18.4 Å². The minimum Gasteiger partial charge on any atom is -0.480 e. The molecule has 0 radical (unpaired) electrons. The van der Waals surface area contributed by atoms with Gasteiger partial charge in [-0.15, -0.1) is 5.10 Å². The van der Waals surface area contributed by atoms with Crippen molar-refractivity contribution in [2.75, 3.05) is 25.1 Å². The van der Waals surface area contributed by atoms with Gasteiger partial charge in [0.15, 0.2) is 0 Å². The second-order valence-electron chi connectivity index (χ2n) is 8.33. The topological polar surface area (TPSA) is 81.6 Å². The molecule has 8 heteroatoms. The Morgan fingerprint density at radius 2 is 2.14 bits per heavy atom. The van der Waals surface area contributed by atoms with Crippen LogP contribution in [0.3, 0.4) is 0 Å². The maximum atomic E-state index is 6.43. The summed E-state index contributed by atoms with van der Waals surface area (Å²) in [4.78, 5) is 12.5. The number of fused-ring (bicyclic) bond motifs is 1. The van der Waals surface area contributed by atoms with Crippen molar-refractivity contribution in [3.8, 4) is 17.1 Å². The first kappa shape index (κ1) is 17.9. The number of rotatable bonds is 5. The van der Waals surface area contributed by atoms with E-state index in [1.807, 2.05) is 10.7 Å². The Morgan fingerprint density at radius 1 is 1.32 bits per heavy atom. The third-order valence-electron chi connectivity index (χ3n) is 6.12. The Morgan fingerprint density at radius 3 is 2.86 bits per heavy atom. The highest BCUT2D eigenvalue weighted by Gasteiger charge is 2.48. The molecule has 2 fully saturated rings. The van der Waals surface area contributed by atoms with Crippen molar-refractivity contribution in [2.24, 2.45) is 11.7 Å². The van der Waals surface area contributed by atoms with E-state index in [-0.39, 0.29) is 5.54 Å². The maximum Gasteiger partial charge on any atom is 0.222 e. The Labute approximate surface area is 168 Å². The molecular formula is C20H26N6OS. The molecule has 3 aromatic rings. The van der Waals surface area contributed by atoms with Gasteiger partial charge in [-0.05, 0) is 43.2 Å². The molecule has 1 aliphatic heterocycles. The predicted octanol–water partition coefficient (Wildman–Crippen LogP) is 3.30. The van der Waals surface area contributed by atoms with Gasteiger partial charge in [0.2, 0.25) is 16.0 Å². The maximum absolute atomic E-state index is 6.43. The number of hydrogen-bond donors (Lipinski definition) is 1. The third kappa shape index (κ3) is 2.86. The number of methoxy groups -OCH3 is 1. The van der Waals surface area contributed by atoms with Crippen LogP contribution in [0, 0.1) is 5.92 Å². The summed E-state index contributed by atoms with van der Waals surface area (Å²) in [5, 5.41) is 5.89. The number of imidazole rings is 1. The van der Waals surface area contributed by atoms with Crippen molar-refractivity contribution >= 4 is 21.4 Å². The Hall–Kier alpha value is -2.19. The summed E-state index contributed by atoms with van der Waals surface area (Å²) in [5.41, 5.74) is 9.34. The zero-order valence-electron chi connectivity index (χ0n) is 16.6. The standard InChI is InChI=1S/C20H26N6OS/c1-12(2)15-5-4-14(17(23-15)27-3)16-10-22-18-26(16)24-19(28-18)25-9-6-13(11-25)20(21)7-8-20/h4-5,10,12-13H,6-9,11,21H2,1-3H3. The molecule has 0 amide bonds. The summed E-state index contributed by atoms with van der Waals surface area (Å²) >= 11 is 1.63. The van der Waals surface area contributed by atoms with Crippen LogP contribution in [-0.2, 0) is 0 Å². The van der Waals surface area contributed by atoms with Crippen LogP contribution in [0.1, 0.15) is 44.7 Å². The first-order valence-electron chi connectivity index (χ1n) is 9.92. The minimum atomic E-state index is 0.0779. The number of pyridine rings is 1. The van der Waals surface area contributed by atoms with Gasteiger partial charge in [-0.2, -0.15) is 0 Å². The van der Waals surface area contributed by atoms with Crippen LogP contribution in [0.25, 0.3) is 16.2 Å². The average molecular weight is 399 g/mol. The van der Waals surface area contributed by atoms with E-state index in [0.717, 1.165) is 59.4 Å². The van der Waals surface area contributed by atoms with E-state index < -0.39 is 0 Å². The highest BCUT2D eigenvalue weighted by atomic mass is 32.1. The summed E-state index contributed by atoms with van der Waals surface area (Å²) in [6, 6.07) is 4.11. The van der Waals surface area contributed by atoms with Gasteiger partial charge >= 0.3 is 0 Å². The lowest BCUT2D eigenvalue weighted by molar-refractivity contribution is 0.397. The normalized spacial score (nSPS) is 21.0. The summed E-state index contributed by atoms with van der Waals surface area (Å²) in [5.74, 6) is 1.54. The lowest BCUT2D eigenvalue weighted by Crippen LogP contribution is -2.34. The highest BCUT2D eigenvalue weighted by molar-refractivity contribution is 7.20. The molecule has 5 rings (SSSR count). The molecule has 1 unspecified atom stereocenters. The Kier molecular flexibility index (Phi) is 4.10. The van der Waals surface area contributed by atoms with Gasteiger partial charge in [-0.1, -0.05) is 25.2 Å². The largest absolute Gasteiger partial charge is 0.480 e. The number of hydrogen-bond acceptors (Lipinski definition) is 7. The summed E-state index contributed by atoms with van der Waals surface area (Å²) < 4.78 is 7.49. The van der Waals surface area contributed by atoms with Crippen LogP contribution in [0.2, 0.25) is 0 Å². The Balaban J connectivity index is 1.47. The van der Waals surface area contributed by atoms with Crippen molar-refractivity contribution in [1.82, 2.24) is 19.6 Å². The SMILES string of the molecule is COc1nc(C(C)C)ccc1-c1cnc2sc(N3CCC(C4(N)CC4)C3)nn12. The molecule has 4 heterocycles. The molecular weight excluding hydrogens is 372 g/mol. The number of nitrogens with two attached hydrogens (primary N) is 1. The first-order chi connectivity index (χ1) is 13.5. The van der Waals surface area contributed by atoms with E-state index in [4.69, 9.17) is 15.6 Å². The number of nitrogens with zero attached hydrogens (tertiary/aromatic N) is 5. The summed E-state index contributed by atoms with van der Waals surface area (Å²) in [6.45, 7) is 6.27. The van der Waals surface area contributed by atoms with Crippen molar-refractivity contribution < 1.29 is 4.74 Å². The van der Waals surface area contributed by atoms with Gasteiger partial charge in [0.25, 0.3) is 0 Å². The van der Waals surface area contributed by atoms with E-state index in [9.17, 15) is 0 Å². The lowest BCUT2D eigenvalue weighted by Gasteiger charge is -2.18. The van der Waals surface area contributed by atoms with E-state index in [2.05, 4.69) is 40.8 Å². The lowest BCUT2D eigenvalue weighted by atomic mass is 9.98. The van der Waals surface area contributed by atoms with Crippen molar-refractivity contribution in [3.05, 3.63) is 24.0 Å². The molecule has 1 saturated heterocycles. The minimum absolute atomic E-state index is 0.0779. The van der Waals surface area contributed by atoms with Crippen molar-refractivity contribution in [2.45, 2.75) is 44.6 Å². The van der Waals surface area contributed by atoms with Crippen LogP contribution in [0.15, 0.2) is 18.3 Å². The van der Waals surface area contributed by atoms with Crippen LogP contribution < -0.4 is 15.4 Å². The number of anilines is 1. The smallest absolute Gasteiger partial charge is 0.222 e. The quantitative estimate of drug-likeness (QED) is 0.710. The molecule has 0 spiro atoms. The molecule has 2 N–H and O–H groups in total. The van der Waals surface area contributed by atoms with Gasteiger partial charge in [0.05, 0.1) is 24.6 Å². The van der Waals surface area contributed by atoms with E-state index in [1.165, 1.54) is 0 Å². The fraction of sp³-hybridized carbons (Fsp3) is 0.550. The number of ether oxygens (including phenoxy) is 1.